The Kier molecular flexibility index (Phi) is 8.34. The second-order valence-corrected chi connectivity index (χ2v) is 9.86. The zero-order valence-corrected chi connectivity index (χ0v) is 20.7. The van der Waals surface area contributed by atoms with E-state index in [0.717, 1.165) is 28.9 Å². The van der Waals surface area contributed by atoms with Crippen LogP contribution in [-0.4, -0.2) is 19.2 Å². The molecule has 2 rings (SSSR count). The molecule has 0 aliphatic heterocycles. The summed E-state index contributed by atoms with van der Waals surface area (Å²) in [6.45, 7) is 18.4. The molecule has 0 spiro atoms. The molecule has 0 heterocycles. The van der Waals surface area contributed by atoms with Crippen molar-refractivity contribution in [2.24, 2.45) is 0 Å². The first-order valence-corrected chi connectivity index (χ1v) is 11.5. The second kappa shape index (κ2) is 10.3. The number of esters is 1. The average molecular weight is 425 g/mol. The summed E-state index contributed by atoms with van der Waals surface area (Å²) in [5, 5.41) is 0. The molecule has 0 fully saturated rings. The Morgan fingerprint density at radius 3 is 2.23 bits per heavy atom. The van der Waals surface area contributed by atoms with Gasteiger partial charge in [0.25, 0.3) is 0 Å². The van der Waals surface area contributed by atoms with E-state index in [1.165, 1.54) is 30.0 Å². The lowest BCUT2D eigenvalue weighted by Gasteiger charge is -2.42. The van der Waals surface area contributed by atoms with Gasteiger partial charge in [0.05, 0.1) is 13.2 Å². The highest BCUT2D eigenvalue weighted by Crippen LogP contribution is 2.48. The number of carbonyl (C=O) groups is 1. The van der Waals surface area contributed by atoms with Crippen molar-refractivity contribution in [2.45, 2.75) is 85.5 Å². The molecule has 0 amide bonds. The maximum Gasteiger partial charge on any atom is 0.330 e. The van der Waals surface area contributed by atoms with E-state index in [-0.39, 0.29) is 16.8 Å². The summed E-state index contributed by atoms with van der Waals surface area (Å²) >= 11 is 0. The SMILES string of the molecule is CCCOc1cc2c(cc1\C(C)=C/C=C/C(C)=C/C(=O)OCC)C(C)(C)CCC2(C)C. The van der Waals surface area contributed by atoms with Crippen LogP contribution in [-0.2, 0) is 20.4 Å². The predicted octanol–water partition coefficient (Wildman–Crippen LogP) is 7.29. The Bertz CT molecular complexity index is 882. The molecule has 31 heavy (non-hydrogen) atoms. The lowest BCUT2D eigenvalue weighted by atomic mass is 9.62. The number of allylic oxidation sites excluding steroid dienone is 5. The number of rotatable bonds is 8. The summed E-state index contributed by atoms with van der Waals surface area (Å²) in [6, 6.07) is 4.64. The Balaban J connectivity index is 2.45. The fourth-order valence-electron chi connectivity index (χ4n) is 4.09. The Hall–Kier alpha value is -2.29. The normalized spacial score (nSPS) is 18.1. The van der Waals surface area contributed by atoms with Crippen molar-refractivity contribution >= 4 is 11.5 Å². The number of benzene rings is 1. The van der Waals surface area contributed by atoms with Crippen LogP contribution in [0.25, 0.3) is 5.57 Å². The molecule has 0 N–H and O–H groups in total. The average Bonchev–Trinajstić information content (AvgIpc) is 2.69. The van der Waals surface area contributed by atoms with E-state index < -0.39 is 0 Å². The van der Waals surface area contributed by atoms with E-state index >= 15 is 0 Å². The Morgan fingerprint density at radius 2 is 1.65 bits per heavy atom. The summed E-state index contributed by atoms with van der Waals surface area (Å²) in [7, 11) is 0. The van der Waals surface area contributed by atoms with E-state index in [1.54, 1.807) is 0 Å². The van der Waals surface area contributed by atoms with Gasteiger partial charge in [-0.1, -0.05) is 52.8 Å². The van der Waals surface area contributed by atoms with Crippen LogP contribution < -0.4 is 4.74 Å². The molecule has 3 nitrogen and oxygen atoms in total. The molecule has 1 aromatic carbocycles. The van der Waals surface area contributed by atoms with E-state index in [0.29, 0.717) is 13.2 Å². The summed E-state index contributed by atoms with van der Waals surface area (Å²) in [4.78, 5) is 11.6. The molecule has 0 unspecified atom stereocenters. The summed E-state index contributed by atoms with van der Waals surface area (Å²) in [5.41, 5.74) is 6.30. The van der Waals surface area contributed by atoms with Gasteiger partial charge in [-0.05, 0) is 85.3 Å². The summed E-state index contributed by atoms with van der Waals surface area (Å²) in [6.07, 6.45) is 10.9. The van der Waals surface area contributed by atoms with Gasteiger partial charge in [-0.15, -0.1) is 0 Å². The van der Waals surface area contributed by atoms with Crippen molar-refractivity contribution < 1.29 is 14.3 Å². The molecule has 0 aromatic heterocycles. The topological polar surface area (TPSA) is 35.5 Å². The Morgan fingerprint density at radius 1 is 1.03 bits per heavy atom. The summed E-state index contributed by atoms with van der Waals surface area (Å²) < 4.78 is 11.2. The van der Waals surface area contributed by atoms with Crippen molar-refractivity contribution in [2.75, 3.05) is 13.2 Å². The molecule has 1 aromatic rings. The van der Waals surface area contributed by atoms with Crippen molar-refractivity contribution in [1.29, 1.82) is 0 Å². The molecule has 0 atom stereocenters. The van der Waals surface area contributed by atoms with E-state index in [1.807, 2.05) is 26.0 Å². The fraction of sp³-hybridized carbons (Fsp3) is 0.536. The van der Waals surface area contributed by atoms with Gasteiger partial charge in [-0.2, -0.15) is 0 Å². The lowest BCUT2D eigenvalue weighted by molar-refractivity contribution is -0.137. The van der Waals surface area contributed by atoms with E-state index in [2.05, 4.69) is 59.8 Å². The molecule has 170 valence electrons. The minimum atomic E-state index is -0.305. The molecule has 0 radical (unpaired) electrons. The number of hydrogen-bond donors (Lipinski definition) is 0. The van der Waals surface area contributed by atoms with Crippen molar-refractivity contribution in [1.82, 2.24) is 0 Å². The summed E-state index contributed by atoms with van der Waals surface area (Å²) in [5.74, 6) is 0.660. The minimum absolute atomic E-state index is 0.151. The van der Waals surface area contributed by atoms with Crippen LogP contribution in [0.3, 0.4) is 0 Å². The van der Waals surface area contributed by atoms with Gasteiger partial charge in [0.1, 0.15) is 5.75 Å². The first-order chi connectivity index (χ1) is 14.5. The maximum absolute atomic E-state index is 11.6. The van der Waals surface area contributed by atoms with E-state index in [9.17, 15) is 4.79 Å². The molecule has 0 saturated heterocycles. The third kappa shape index (κ3) is 6.35. The zero-order chi connectivity index (χ0) is 23.2. The van der Waals surface area contributed by atoms with Gasteiger partial charge in [0.15, 0.2) is 0 Å². The zero-order valence-electron chi connectivity index (χ0n) is 20.7. The van der Waals surface area contributed by atoms with Crippen LogP contribution in [0.4, 0.5) is 0 Å². The first kappa shape index (κ1) is 25.0. The second-order valence-electron chi connectivity index (χ2n) is 9.86. The standard InChI is InChI=1S/C28H40O3/c1-9-16-31-25-19-24-23(27(5,6)14-15-28(24,7)8)18-22(25)21(4)13-11-12-20(3)17-26(29)30-10-2/h11-13,17-19H,9-10,14-16H2,1-8H3/b12-11+,20-17+,21-13-. The van der Waals surface area contributed by atoms with Gasteiger partial charge < -0.3 is 9.47 Å². The van der Waals surface area contributed by atoms with Crippen LogP contribution in [0.15, 0.2) is 42.0 Å². The molecular weight excluding hydrogens is 384 g/mol. The highest BCUT2D eigenvalue weighted by molar-refractivity contribution is 5.83. The lowest BCUT2D eigenvalue weighted by Crippen LogP contribution is -2.34. The van der Waals surface area contributed by atoms with E-state index in [4.69, 9.17) is 9.47 Å². The number of carbonyl (C=O) groups excluding carboxylic acids is 1. The van der Waals surface area contributed by atoms with Gasteiger partial charge in [0.2, 0.25) is 0 Å². The molecule has 1 aliphatic rings. The van der Waals surface area contributed by atoms with Gasteiger partial charge in [-0.3, -0.25) is 0 Å². The van der Waals surface area contributed by atoms with Crippen molar-refractivity contribution in [3.8, 4) is 5.75 Å². The quantitative estimate of drug-likeness (QED) is 0.250. The van der Waals surface area contributed by atoms with Crippen LogP contribution in [0.1, 0.15) is 91.3 Å². The number of fused-ring (bicyclic) bond motifs is 1. The minimum Gasteiger partial charge on any atom is -0.493 e. The predicted molar refractivity (Wildman–Crippen MR) is 131 cm³/mol. The van der Waals surface area contributed by atoms with Gasteiger partial charge in [-0.25, -0.2) is 4.79 Å². The van der Waals surface area contributed by atoms with Gasteiger partial charge in [0, 0.05) is 11.6 Å². The number of ether oxygens (including phenoxy) is 2. The molecular formula is C28H40O3. The van der Waals surface area contributed by atoms with Gasteiger partial charge >= 0.3 is 5.97 Å². The highest BCUT2D eigenvalue weighted by atomic mass is 16.5. The highest BCUT2D eigenvalue weighted by Gasteiger charge is 2.38. The van der Waals surface area contributed by atoms with Crippen molar-refractivity contribution in [3.05, 3.63) is 58.7 Å². The van der Waals surface area contributed by atoms with Crippen LogP contribution >= 0.6 is 0 Å². The van der Waals surface area contributed by atoms with Crippen LogP contribution in [0.2, 0.25) is 0 Å². The van der Waals surface area contributed by atoms with Crippen LogP contribution in [0.5, 0.6) is 5.75 Å². The van der Waals surface area contributed by atoms with Crippen LogP contribution in [0, 0.1) is 0 Å². The molecule has 0 bridgehead atoms. The third-order valence-electron chi connectivity index (χ3n) is 6.18. The monoisotopic (exact) mass is 424 g/mol. The molecule has 1 aliphatic carbocycles. The smallest absolute Gasteiger partial charge is 0.330 e. The third-order valence-corrected chi connectivity index (χ3v) is 6.18. The molecule has 0 saturated carbocycles. The maximum atomic E-state index is 11.6. The Labute approximate surface area is 189 Å². The van der Waals surface area contributed by atoms with Crippen molar-refractivity contribution in [3.63, 3.8) is 0 Å². The fourth-order valence-corrected chi connectivity index (χ4v) is 4.09. The number of hydrogen-bond acceptors (Lipinski definition) is 3. The largest absolute Gasteiger partial charge is 0.493 e. The first-order valence-electron chi connectivity index (χ1n) is 11.5. The molecule has 3 heteroatoms.